The summed E-state index contributed by atoms with van der Waals surface area (Å²) >= 11 is 3.80. The van der Waals surface area contributed by atoms with Crippen molar-refractivity contribution >= 4 is 21.7 Å². The van der Waals surface area contributed by atoms with Crippen molar-refractivity contribution in [1.29, 1.82) is 0 Å². The fraction of sp³-hybridized carbons (Fsp3) is 0.500. The van der Waals surface area contributed by atoms with Crippen LogP contribution in [0.15, 0.2) is 40.9 Å². The van der Waals surface area contributed by atoms with E-state index in [0.29, 0.717) is 11.3 Å². The molecule has 1 aromatic carbocycles. The number of fused-ring (bicyclic) bond motifs is 1. The number of anilines is 1. The molecule has 1 fully saturated rings. The molecule has 2 aromatic rings. The first-order valence-corrected chi connectivity index (χ1v) is 10.3. The second kappa shape index (κ2) is 6.75. The molecule has 0 atom stereocenters. The molecule has 0 spiro atoms. The minimum absolute atomic E-state index is 0.380. The van der Waals surface area contributed by atoms with E-state index in [4.69, 9.17) is 4.98 Å². The van der Waals surface area contributed by atoms with Crippen molar-refractivity contribution in [3.05, 3.63) is 57.7 Å². The third-order valence-corrected chi connectivity index (χ3v) is 6.49. The lowest BCUT2D eigenvalue weighted by atomic mass is 9.76. The Labute approximate surface area is 159 Å². The smallest absolute Gasteiger partial charge is 0.143 e. The molecular weight excluding hydrogens is 372 g/mol. The van der Waals surface area contributed by atoms with E-state index in [1.165, 1.54) is 40.6 Å². The predicted molar refractivity (Wildman–Crippen MR) is 108 cm³/mol. The summed E-state index contributed by atoms with van der Waals surface area (Å²) in [5, 5.41) is 0. The molecule has 3 heteroatoms. The number of hydrogen-bond donors (Lipinski definition) is 0. The number of aromatic nitrogens is 1. The maximum atomic E-state index is 5.11. The first-order valence-electron chi connectivity index (χ1n) is 9.50. The average Bonchev–Trinajstić information content (AvgIpc) is 2.62. The lowest BCUT2D eigenvalue weighted by Crippen LogP contribution is -2.34. The normalized spacial score (nSPS) is 20.4. The molecule has 1 aromatic heterocycles. The van der Waals surface area contributed by atoms with Gasteiger partial charge in [-0.2, -0.15) is 0 Å². The van der Waals surface area contributed by atoms with Crippen molar-refractivity contribution in [3.8, 4) is 0 Å². The van der Waals surface area contributed by atoms with Gasteiger partial charge in [0.15, 0.2) is 0 Å². The number of rotatable bonds is 2. The third kappa shape index (κ3) is 3.62. The third-order valence-electron chi connectivity index (χ3n) is 5.91. The Kier molecular flexibility index (Phi) is 4.61. The van der Waals surface area contributed by atoms with Crippen LogP contribution in [-0.4, -0.2) is 18.1 Å². The first kappa shape index (κ1) is 17.1. The molecule has 0 bridgehead atoms. The van der Waals surface area contributed by atoms with Crippen molar-refractivity contribution < 1.29 is 0 Å². The Morgan fingerprint density at radius 1 is 1.12 bits per heavy atom. The molecule has 132 valence electrons. The van der Waals surface area contributed by atoms with Crippen molar-refractivity contribution in [3.63, 3.8) is 0 Å². The summed E-state index contributed by atoms with van der Waals surface area (Å²) in [5.41, 5.74) is 4.63. The van der Waals surface area contributed by atoms with E-state index in [2.05, 4.69) is 71.1 Å². The number of halogens is 1. The molecular formula is C22H27BrN2. The summed E-state index contributed by atoms with van der Waals surface area (Å²) in [5.74, 6) is 1.84. The summed E-state index contributed by atoms with van der Waals surface area (Å²) in [6.45, 7) is 6.91. The molecule has 2 heterocycles. The van der Waals surface area contributed by atoms with Crippen molar-refractivity contribution in [2.24, 2.45) is 5.41 Å². The van der Waals surface area contributed by atoms with Crippen molar-refractivity contribution in [2.75, 3.05) is 18.0 Å². The van der Waals surface area contributed by atoms with E-state index in [0.717, 1.165) is 31.7 Å². The van der Waals surface area contributed by atoms with Gasteiger partial charge in [0.05, 0.1) is 4.47 Å². The molecule has 2 aliphatic rings. The average molecular weight is 399 g/mol. The largest absolute Gasteiger partial charge is 0.356 e. The zero-order valence-electron chi connectivity index (χ0n) is 15.3. The van der Waals surface area contributed by atoms with Gasteiger partial charge in [-0.15, -0.1) is 0 Å². The van der Waals surface area contributed by atoms with Gasteiger partial charge >= 0.3 is 0 Å². The molecule has 1 saturated heterocycles. The summed E-state index contributed by atoms with van der Waals surface area (Å²) in [6, 6.07) is 13.3. The van der Waals surface area contributed by atoms with E-state index in [1.54, 1.807) is 0 Å². The van der Waals surface area contributed by atoms with E-state index in [1.807, 2.05) is 0 Å². The van der Waals surface area contributed by atoms with Crippen LogP contribution >= 0.6 is 15.9 Å². The first-order chi connectivity index (χ1) is 12.0. The fourth-order valence-electron chi connectivity index (χ4n) is 4.31. The molecule has 0 saturated carbocycles. The number of benzene rings is 1. The Morgan fingerprint density at radius 3 is 2.56 bits per heavy atom. The second-order valence-electron chi connectivity index (χ2n) is 8.41. The summed E-state index contributed by atoms with van der Waals surface area (Å²) < 4.78 is 1.17. The van der Waals surface area contributed by atoms with E-state index in [9.17, 15) is 0 Å². The van der Waals surface area contributed by atoms with Crippen LogP contribution in [0.25, 0.3) is 0 Å². The minimum Gasteiger partial charge on any atom is -0.356 e. The maximum Gasteiger partial charge on any atom is 0.143 e. The molecule has 0 unspecified atom stereocenters. The van der Waals surface area contributed by atoms with Gasteiger partial charge < -0.3 is 4.90 Å². The van der Waals surface area contributed by atoms with Crippen LogP contribution < -0.4 is 4.90 Å². The van der Waals surface area contributed by atoms with Crippen molar-refractivity contribution in [2.45, 2.75) is 51.9 Å². The van der Waals surface area contributed by atoms with E-state index < -0.39 is 0 Å². The zero-order chi connectivity index (χ0) is 17.4. The minimum atomic E-state index is 0.380. The maximum absolute atomic E-state index is 5.11. The zero-order valence-corrected chi connectivity index (χ0v) is 16.8. The van der Waals surface area contributed by atoms with E-state index >= 15 is 0 Å². The van der Waals surface area contributed by atoms with Gasteiger partial charge in [-0.05, 0) is 76.6 Å². The number of aryl methyl sites for hydroxylation is 1. The van der Waals surface area contributed by atoms with Gasteiger partial charge in [-0.3, -0.25) is 0 Å². The Hall–Kier alpha value is -1.35. The lowest BCUT2D eigenvalue weighted by molar-refractivity contribution is 0.310. The molecule has 25 heavy (non-hydrogen) atoms. The molecule has 0 amide bonds. The molecule has 0 radical (unpaired) electrons. The predicted octanol–water partition coefficient (Wildman–Crippen LogP) is 5.74. The van der Waals surface area contributed by atoms with Gasteiger partial charge in [-0.1, -0.05) is 44.2 Å². The second-order valence-corrected chi connectivity index (χ2v) is 9.27. The Bertz CT molecular complexity index is 746. The van der Waals surface area contributed by atoms with Gasteiger partial charge in [0, 0.05) is 18.8 Å². The van der Waals surface area contributed by atoms with Crippen LogP contribution in [0, 0.1) is 5.41 Å². The van der Waals surface area contributed by atoms with Crippen LogP contribution in [-0.2, 0) is 12.8 Å². The standard InChI is InChI=1S/C22H27BrN2/c1-22(2)11-8-18-14-19(23)21(24-20(18)15-22)25-12-9-17(10-13-25)16-6-4-3-5-7-16/h3-7,14,17H,8-13,15H2,1-2H3. The summed E-state index contributed by atoms with van der Waals surface area (Å²) in [6.07, 6.45) is 5.94. The highest BCUT2D eigenvalue weighted by Crippen LogP contribution is 2.38. The van der Waals surface area contributed by atoms with Crippen molar-refractivity contribution in [1.82, 2.24) is 4.98 Å². The van der Waals surface area contributed by atoms with Crippen LogP contribution in [0.2, 0.25) is 0 Å². The molecule has 1 aliphatic heterocycles. The molecule has 2 nitrogen and oxygen atoms in total. The highest BCUT2D eigenvalue weighted by atomic mass is 79.9. The summed E-state index contributed by atoms with van der Waals surface area (Å²) in [4.78, 5) is 7.59. The number of pyridine rings is 1. The quantitative estimate of drug-likeness (QED) is 0.640. The monoisotopic (exact) mass is 398 g/mol. The topological polar surface area (TPSA) is 16.1 Å². The van der Waals surface area contributed by atoms with Gasteiger partial charge in [0.1, 0.15) is 5.82 Å². The number of hydrogen-bond acceptors (Lipinski definition) is 2. The van der Waals surface area contributed by atoms with Crippen LogP contribution in [0.3, 0.4) is 0 Å². The number of piperidine rings is 1. The van der Waals surface area contributed by atoms with Crippen LogP contribution in [0.5, 0.6) is 0 Å². The van der Waals surface area contributed by atoms with Crippen LogP contribution in [0.1, 0.15) is 55.8 Å². The van der Waals surface area contributed by atoms with E-state index in [-0.39, 0.29) is 0 Å². The molecule has 0 N–H and O–H groups in total. The SMILES string of the molecule is CC1(C)CCc2cc(Br)c(N3CCC(c4ccccc4)CC3)nc2C1. The Balaban J connectivity index is 1.52. The fourth-order valence-corrected chi connectivity index (χ4v) is 4.93. The van der Waals surface area contributed by atoms with Gasteiger partial charge in [-0.25, -0.2) is 4.98 Å². The van der Waals surface area contributed by atoms with Gasteiger partial charge in [0.2, 0.25) is 0 Å². The van der Waals surface area contributed by atoms with Crippen LogP contribution in [0.4, 0.5) is 5.82 Å². The number of nitrogens with zero attached hydrogens (tertiary/aromatic N) is 2. The molecule has 1 aliphatic carbocycles. The van der Waals surface area contributed by atoms with Gasteiger partial charge in [0.25, 0.3) is 0 Å². The molecule has 4 rings (SSSR count). The Morgan fingerprint density at radius 2 is 1.84 bits per heavy atom. The summed E-state index contributed by atoms with van der Waals surface area (Å²) in [7, 11) is 0. The lowest BCUT2D eigenvalue weighted by Gasteiger charge is -2.35. The highest BCUT2D eigenvalue weighted by Gasteiger charge is 2.29. The highest BCUT2D eigenvalue weighted by molar-refractivity contribution is 9.10.